The van der Waals surface area contributed by atoms with Crippen molar-refractivity contribution < 1.29 is 17.9 Å². The molecule has 0 saturated carbocycles. The predicted octanol–water partition coefficient (Wildman–Crippen LogP) is 3.83. The first-order chi connectivity index (χ1) is 15.7. The Morgan fingerprint density at radius 2 is 2.03 bits per heavy atom. The van der Waals surface area contributed by atoms with E-state index in [1.54, 1.807) is 0 Å². The molecule has 2 N–H and O–H groups in total. The third kappa shape index (κ3) is 5.55. The molecule has 1 aromatic carbocycles. The highest BCUT2D eigenvalue weighted by molar-refractivity contribution is 6.01. The van der Waals surface area contributed by atoms with Crippen molar-refractivity contribution in [2.45, 2.75) is 51.4 Å². The molecule has 7 nitrogen and oxygen atoms in total. The van der Waals surface area contributed by atoms with Gasteiger partial charge in [0.25, 0.3) is 0 Å². The maximum absolute atomic E-state index is 12.7. The van der Waals surface area contributed by atoms with Crippen molar-refractivity contribution in [1.82, 2.24) is 14.5 Å². The molecule has 2 aromatic rings. The minimum atomic E-state index is -4.15. The van der Waals surface area contributed by atoms with Gasteiger partial charge in [-0.2, -0.15) is 13.2 Å². The van der Waals surface area contributed by atoms with Crippen molar-refractivity contribution in [3.05, 3.63) is 35.7 Å². The average Bonchev–Trinajstić information content (AvgIpc) is 3.09. The summed E-state index contributed by atoms with van der Waals surface area (Å²) in [5.41, 5.74) is 8.12. The molecule has 33 heavy (non-hydrogen) atoms. The van der Waals surface area contributed by atoms with Crippen LogP contribution < -0.4 is 10.5 Å². The molecule has 1 aromatic heterocycles. The molecule has 0 radical (unpaired) electrons. The topological polar surface area (TPSA) is 81.0 Å². The lowest BCUT2D eigenvalue weighted by molar-refractivity contribution is -0.147. The molecule has 3 heterocycles. The molecule has 0 spiro atoms. The lowest BCUT2D eigenvalue weighted by Gasteiger charge is -2.32. The molecule has 0 amide bonds. The van der Waals surface area contributed by atoms with Crippen molar-refractivity contribution >= 4 is 12.2 Å². The Kier molecular flexibility index (Phi) is 6.73. The number of likely N-dealkylation sites (tertiary alicyclic amines) is 1. The fourth-order valence-electron chi connectivity index (χ4n) is 4.42. The molecule has 0 bridgehead atoms. The number of aliphatic imine (C=N–C) groups is 2. The van der Waals surface area contributed by atoms with Crippen LogP contribution in [0.5, 0.6) is 5.75 Å². The van der Waals surface area contributed by atoms with Gasteiger partial charge in [-0.1, -0.05) is 6.07 Å². The number of ether oxygens (including phenoxy) is 1. The van der Waals surface area contributed by atoms with E-state index >= 15 is 0 Å². The van der Waals surface area contributed by atoms with Gasteiger partial charge in [0, 0.05) is 12.2 Å². The van der Waals surface area contributed by atoms with Crippen LogP contribution in [0.2, 0.25) is 0 Å². The molecule has 10 heteroatoms. The van der Waals surface area contributed by atoms with Gasteiger partial charge in [-0.3, -0.25) is 9.89 Å². The quantitative estimate of drug-likeness (QED) is 0.553. The highest BCUT2D eigenvalue weighted by Gasteiger charge is 2.33. The van der Waals surface area contributed by atoms with Crippen LogP contribution in [0.1, 0.15) is 43.9 Å². The summed E-state index contributed by atoms with van der Waals surface area (Å²) >= 11 is 0. The van der Waals surface area contributed by atoms with E-state index in [0.717, 1.165) is 22.7 Å². The lowest BCUT2D eigenvalue weighted by Crippen LogP contribution is -2.39. The van der Waals surface area contributed by atoms with Crippen molar-refractivity contribution in [3.63, 3.8) is 0 Å². The Bertz CT molecular complexity index is 1040. The number of nitrogens with zero attached hydrogens (tertiary/aromatic N) is 5. The maximum atomic E-state index is 12.7. The van der Waals surface area contributed by atoms with E-state index < -0.39 is 12.7 Å². The fraction of sp³-hybridized carbons (Fsp3) is 0.522. The molecule has 0 aliphatic carbocycles. The van der Waals surface area contributed by atoms with Crippen LogP contribution in [0.4, 0.5) is 13.2 Å². The molecule has 0 atom stereocenters. The summed E-state index contributed by atoms with van der Waals surface area (Å²) in [5, 5.41) is 0. The third-order valence-electron chi connectivity index (χ3n) is 5.88. The molecule has 1 fully saturated rings. The fourth-order valence-corrected chi connectivity index (χ4v) is 4.42. The lowest BCUT2D eigenvalue weighted by atomic mass is 9.88. The van der Waals surface area contributed by atoms with Gasteiger partial charge in [-0.05, 0) is 63.4 Å². The molecule has 178 valence electrons. The SMILES string of the molecule is CC(C)N=C(N=CN)c1cn2c(n1)-c1ccc(C3CCN(CC(F)(F)F)CC3)cc1OCC2. The Morgan fingerprint density at radius 1 is 1.27 bits per heavy atom. The third-order valence-corrected chi connectivity index (χ3v) is 5.88. The van der Waals surface area contributed by atoms with Crippen LogP contribution in [-0.4, -0.2) is 65.1 Å². The number of rotatable bonds is 4. The van der Waals surface area contributed by atoms with E-state index in [1.807, 2.05) is 42.8 Å². The Labute approximate surface area is 191 Å². The average molecular weight is 463 g/mol. The van der Waals surface area contributed by atoms with E-state index in [-0.39, 0.29) is 12.0 Å². The van der Waals surface area contributed by atoms with Crippen LogP contribution in [0.25, 0.3) is 11.4 Å². The van der Waals surface area contributed by atoms with Gasteiger partial charge < -0.3 is 15.0 Å². The number of aromatic nitrogens is 2. The van der Waals surface area contributed by atoms with Crippen molar-refractivity contribution in [2.75, 3.05) is 26.2 Å². The van der Waals surface area contributed by atoms with Crippen LogP contribution in [-0.2, 0) is 6.54 Å². The van der Waals surface area contributed by atoms with Crippen LogP contribution in [0.15, 0.2) is 34.4 Å². The smallest absolute Gasteiger partial charge is 0.401 e. The van der Waals surface area contributed by atoms with Gasteiger partial charge in [-0.15, -0.1) is 0 Å². The van der Waals surface area contributed by atoms with Gasteiger partial charge >= 0.3 is 6.18 Å². The largest absolute Gasteiger partial charge is 0.491 e. The van der Waals surface area contributed by atoms with E-state index in [4.69, 9.17) is 15.5 Å². The standard InChI is InChI=1S/C23H29F3N6O/c1-15(2)29-21(28-14-27)19-12-32-9-10-33-20-11-17(3-4-18(20)22(32)30-19)16-5-7-31(8-6-16)13-23(24,25)26/h3-4,11-12,14-16H,5-10,13H2,1-2H3,(H2,27,28,29). The maximum Gasteiger partial charge on any atom is 0.401 e. The summed E-state index contributed by atoms with van der Waals surface area (Å²) < 4.78 is 46.1. The minimum Gasteiger partial charge on any atom is -0.491 e. The van der Waals surface area contributed by atoms with E-state index in [1.165, 1.54) is 11.2 Å². The highest BCUT2D eigenvalue weighted by atomic mass is 19.4. The zero-order valence-corrected chi connectivity index (χ0v) is 18.8. The molecule has 1 saturated heterocycles. The summed E-state index contributed by atoms with van der Waals surface area (Å²) in [4.78, 5) is 15.0. The van der Waals surface area contributed by atoms with Crippen molar-refractivity contribution in [1.29, 1.82) is 0 Å². The first kappa shape index (κ1) is 23.3. The number of benzene rings is 1. The van der Waals surface area contributed by atoms with Gasteiger partial charge in [0.1, 0.15) is 23.9 Å². The second-order valence-corrected chi connectivity index (χ2v) is 8.74. The zero-order chi connectivity index (χ0) is 23.6. The number of piperidine rings is 1. The van der Waals surface area contributed by atoms with Crippen LogP contribution in [0.3, 0.4) is 0 Å². The summed E-state index contributed by atoms with van der Waals surface area (Å²) in [6.07, 6.45) is 0.363. The molecule has 4 rings (SSSR count). The van der Waals surface area contributed by atoms with E-state index in [2.05, 4.69) is 9.98 Å². The summed E-state index contributed by atoms with van der Waals surface area (Å²) in [6, 6.07) is 6.10. The first-order valence-electron chi connectivity index (χ1n) is 11.2. The molecule has 0 unspecified atom stereocenters. The second-order valence-electron chi connectivity index (χ2n) is 8.74. The summed E-state index contributed by atoms with van der Waals surface area (Å²) in [6.45, 7) is 5.08. The van der Waals surface area contributed by atoms with Gasteiger partial charge in [0.15, 0.2) is 5.84 Å². The highest BCUT2D eigenvalue weighted by Crippen LogP contribution is 2.37. The van der Waals surface area contributed by atoms with Gasteiger partial charge in [0.2, 0.25) is 0 Å². The van der Waals surface area contributed by atoms with Gasteiger partial charge in [0.05, 0.1) is 25.0 Å². The van der Waals surface area contributed by atoms with E-state index in [0.29, 0.717) is 50.6 Å². The number of fused-ring (bicyclic) bond motifs is 3. The number of imidazole rings is 1. The number of amidine groups is 1. The summed E-state index contributed by atoms with van der Waals surface area (Å²) in [7, 11) is 0. The van der Waals surface area contributed by atoms with Crippen LogP contribution in [0, 0.1) is 0 Å². The Balaban J connectivity index is 1.57. The predicted molar refractivity (Wildman–Crippen MR) is 122 cm³/mol. The normalized spacial score (nSPS) is 18.3. The Hall–Kier alpha value is -2.88. The zero-order valence-electron chi connectivity index (χ0n) is 18.8. The Morgan fingerprint density at radius 3 is 2.70 bits per heavy atom. The first-order valence-corrected chi connectivity index (χ1v) is 11.2. The van der Waals surface area contributed by atoms with Gasteiger partial charge in [-0.25, -0.2) is 9.98 Å². The van der Waals surface area contributed by atoms with Crippen molar-refractivity contribution in [2.24, 2.45) is 15.7 Å². The molecular weight excluding hydrogens is 433 g/mol. The summed E-state index contributed by atoms with van der Waals surface area (Å²) in [5.74, 6) is 2.21. The van der Waals surface area contributed by atoms with Crippen molar-refractivity contribution in [3.8, 4) is 17.1 Å². The molecule has 2 aliphatic rings. The molecule has 2 aliphatic heterocycles. The van der Waals surface area contributed by atoms with E-state index in [9.17, 15) is 13.2 Å². The number of hydrogen-bond donors (Lipinski definition) is 1. The molecular formula is C23H29F3N6O. The number of nitrogens with two attached hydrogens (primary N) is 1. The monoisotopic (exact) mass is 462 g/mol. The number of halogens is 3. The number of alkyl halides is 3. The number of hydrogen-bond acceptors (Lipinski definition) is 4. The minimum absolute atomic E-state index is 0.0472. The van der Waals surface area contributed by atoms with Crippen LogP contribution >= 0.6 is 0 Å². The second kappa shape index (κ2) is 9.54.